The van der Waals surface area contributed by atoms with Crippen molar-refractivity contribution in [3.8, 4) is 0 Å². The summed E-state index contributed by atoms with van der Waals surface area (Å²) in [5.41, 5.74) is 1.60. The maximum Gasteiger partial charge on any atom is 0.0631 e. The lowest BCUT2D eigenvalue weighted by Gasteiger charge is -2.31. The summed E-state index contributed by atoms with van der Waals surface area (Å²) in [7, 11) is 0. The molecule has 0 spiro atoms. The SMILES string of the molecule is O=NN(c1ccc(N(N=O)C2CCCCC2)cc1)C1CCCCC1. The molecule has 24 heavy (non-hydrogen) atoms. The lowest BCUT2D eigenvalue weighted by molar-refractivity contribution is 0.416. The first-order chi connectivity index (χ1) is 11.8. The Bertz CT molecular complexity index is 487. The Labute approximate surface area is 143 Å². The number of benzene rings is 1. The van der Waals surface area contributed by atoms with Gasteiger partial charge in [0.2, 0.25) is 0 Å². The van der Waals surface area contributed by atoms with Crippen LogP contribution in [0.5, 0.6) is 0 Å². The Kier molecular flexibility index (Phi) is 5.77. The highest BCUT2D eigenvalue weighted by atomic mass is 16.3. The smallest absolute Gasteiger partial charge is 0.0631 e. The summed E-state index contributed by atoms with van der Waals surface area (Å²) in [6.07, 6.45) is 11.1. The Morgan fingerprint density at radius 2 is 0.958 bits per heavy atom. The molecule has 6 nitrogen and oxygen atoms in total. The van der Waals surface area contributed by atoms with Crippen molar-refractivity contribution in [3.63, 3.8) is 0 Å². The summed E-state index contributed by atoms with van der Waals surface area (Å²) < 4.78 is 0. The molecule has 1 aromatic rings. The fourth-order valence-corrected chi connectivity index (χ4v) is 4.06. The zero-order valence-electron chi connectivity index (χ0n) is 14.1. The van der Waals surface area contributed by atoms with E-state index < -0.39 is 0 Å². The van der Waals surface area contributed by atoms with Crippen molar-refractivity contribution in [2.24, 2.45) is 10.6 Å². The minimum atomic E-state index is 0.195. The molecule has 2 fully saturated rings. The summed E-state index contributed by atoms with van der Waals surface area (Å²) in [6.45, 7) is 0. The van der Waals surface area contributed by atoms with Gasteiger partial charge in [-0.25, -0.2) is 10.0 Å². The summed E-state index contributed by atoms with van der Waals surface area (Å²) in [5.74, 6) is 0. The maximum absolute atomic E-state index is 11.3. The molecule has 1 aromatic carbocycles. The van der Waals surface area contributed by atoms with Gasteiger partial charge in [0, 0.05) is 0 Å². The van der Waals surface area contributed by atoms with Crippen LogP contribution >= 0.6 is 0 Å². The maximum atomic E-state index is 11.3. The van der Waals surface area contributed by atoms with Gasteiger partial charge in [-0.1, -0.05) is 38.5 Å². The highest BCUT2D eigenvalue weighted by molar-refractivity contribution is 5.56. The van der Waals surface area contributed by atoms with Crippen LogP contribution in [0.25, 0.3) is 0 Å². The monoisotopic (exact) mass is 330 g/mol. The number of anilines is 2. The van der Waals surface area contributed by atoms with Gasteiger partial charge in [0.25, 0.3) is 0 Å². The van der Waals surface area contributed by atoms with Crippen LogP contribution < -0.4 is 10.0 Å². The van der Waals surface area contributed by atoms with Gasteiger partial charge in [-0.2, -0.15) is 0 Å². The second-order valence-electron chi connectivity index (χ2n) is 6.95. The summed E-state index contributed by atoms with van der Waals surface area (Å²) in [6, 6.07) is 7.92. The van der Waals surface area contributed by atoms with Crippen molar-refractivity contribution in [1.82, 2.24) is 0 Å². The van der Waals surface area contributed by atoms with Crippen molar-refractivity contribution in [2.45, 2.75) is 76.3 Å². The van der Waals surface area contributed by atoms with Crippen LogP contribution in [-0.4, -0.2) is 12.1 Å². The molecular formula is C18H26N4O2. The first-order valence-electron chi connectivity index (χ1n) is 9.18. The van der Waals surface area contributed by atoms with Crippen LogP contribution in [0.3, 0.4) is 0 Å². The first kappa shape index (κ1) is 16.9. The van der Waals surface area contributed by atoms with Crippen LogP contribution in [-0.2, 0) is 0 Å². The van der Waals surface area contributed by atoms with Crippen molar-refractivity contribution in [2.75, 3.05) is 10.0 Å². The molecule has 130 valence electrons. The third-order valence-electron chi connectivity index (χ3n) is 5.40. The highest BCUT2D eigenvalue weighted by Gasteiger charge is 2.25. The Morgan fingerprint density at radius 1 is 0.625 bits per heavy atom. The van der Waals surface area contributed by atoms with E-state index in [1.54, 1.807) is 10.0 Å². The fraction of sp³-hybridized carbons (Fsp3) is 0.667. The van der Waals surface area contributed by atoms with Crippen LogP contribution in [0.2, 0.25) is 0 Å². The third kappa shape index (κ3) is 3.74. The van der Waals surface area contributed by atoms with Crippen LogP contribution in [0.15, 0.2) is 34.8 Å². The van der Waals surface area contributed by atoms with Gasteiger partial charge in [-0.05, 0) is 49.9 Å². The Hall–Kier alpha value is -1.98. The number of nitrogens with zero attached hydrogens (tertiary/aromatic N) is 4. The molecule has 2 saturated carbocycles. The average Bonchev–Trinajstić information content (AvgIpc) is 2.66. The van der Waals surface area contributed by atoms with E-state index in [-0.39, 0.29) is 12.1 Å². The molecule has 0 amide bonds. The number of nitroso groups, excluding NO2 is 2. The molecule has 6 heteroatoms. The summed E-state index contributed by atoms with van der Waals surface area (Å²) in [5, 5.41) is 9.70. The average molecular weight is 330 g/mol. The standard InChI is InChI=1S/C18H26N4O2/c23-19-21(15-7-3-1-4-8-15)17-11-13-18(14-12-17)22(20-24)16-9-5-2-6-10-16/h11-16H,1-10H2. The lowest BCUT2D eigenvalue weighted by atomic mass is 9.94. The van der Waals surface area contributed by atoms with Crippen LogP contribution in [0, 0.1) is 9.81 Å². The van der Waals surface area contributed by atoms with E-state index >= 15 is 0 Å². The van der Waals surface area contributed by atoms with Crippen LogP contribution in [0.4, 0.5) is 11.4 Å². The molecule has 0 saturated heterocycles. The zero-order chi connectivity index (χ0) is 16.8. The number of hydrogen-bond donors (Lipinski definition) is 0. The van der Waals surface area contributed by atoms with Gasteiger partial charge in [-0.15, -0.1) is 9.81 Å². The Morgan fingerprint density at radius 3 is 1.25 bits per heavy atom. The second kappa shape index (κ2) is 8.22. The van der Waals surface area contributed by atoms with E-state index in [1.165, 1.54) is 12.8 Å². The topological polar surface area (TPSA) is 65.3 Å². The molecular weight excluding hydrogens is 304 g/mol. The fourth-order valence-electron chi connectivity index (χ4n) is 4.06. The number of rotatable bonds is 6. The molecule has 0 bridgehead atoms. The molecule has 0 aromatic heterocycles. The molecule has 0 unspecified atom stereocenters. The third-order valence-corrected chi connectivity index (χ3v) is 5.40. The van der Waals surface area contributed by atoms with Crippen LogP contribution in [0.1, 0.15) is 64.2 Å². The quantitative estimate of drug-likeness (QED) is 0.522. The Balaban J connectivity index is 1.73. The van der Waals surface area contributed by atoms with Gasteiger partial charge in [-0.3, -0.25) is 0 Å². The van der Waals surface area contributed by atoms with Crippen molar-refractivity contribution in [1.29, 1.82) is 0 Å². The van der Waals surface area contributed by atoms with E-state index in [0.29, 0.717) is 0 Å². The molecule has 0 heterocycles. The van der Waals surface area contributed by atoms with E-state index in [1.807, 2.05) is 24.3 Å². The van der Waals surface area contributed by atoms with Crippen molar-refractivity contribution >= 4 is 11.4 Å². The lowest BCUT2D eigenvalue weighted by Crippen LogP contribution is -2.33. The predicted octanol–water partition coefficient (Wildman–Crippen LogP) is 5.33. The largest absolute Gasteiger partial charge is 0.226 e. The van der Waals surface area contributed by atoms with E-state index in [9.17, 15) is 9.81 Å². The summed E-state index contributed by atoms with van der Waals surface area (Å²) >= 11 is 0. The van der Waals surface area contributed by atoms with Gasteiger partial charge in [0.15, 0.2) is 0 Å². The molecule has 3 rings (SSSR count). The minimum absolute atomic E-state index is 0.195. The van der Waals surface area contributed by atoms with E-state index in [4.69, 9.17) is 0 Å². The molecule has 2 aliphatic rings. The normalized spacial score (nSPS) is 19.7. The minimum Gasteiger partial charge on any atom is -0.226 e. The number of hydrogen-bond acceptors (Lipinski definition) is 4. The van der Waals surface area contributed by atoms with Crippen molar-refractivity contribution < 1.29 is 0 Å². The van der Waals surface area contributed by atoms with E-state index in [0.717, 1.165) is 62.7 Å². The zero-order valence-corrected chi connectivity index (χ0v) is 14.1. The summed E-state index contributed by atoms with van der Waals surface area (Å²) in [4.78, 5) is 22.6. The molecule has 0 radical (unpaired) electrons. The molecule has 0 N–H and O–H groups in total. The van der Waals surface area contributed by atoms with Gasteiger partial charge in [0.1, 0.15) is 0 Å². The molecule has 0 aliphatic heterocycles. The van der Waals surface area contributed by atoms with Gasteiger partial charge >= 0.3 is 0 Å². The van der Waals surface area contributed by atoms with Gasteiger partial charge < -0.3 is 0 Å². The second-order valence-corrected chi connectivity index (χ2v) is 6.95. The molecule has 2 aliphatic carbocycles. The highest BCUT2D eigenvalue weighted by Crippen LogP contribution is 2.31. The van der Waals surface area contributed by atoms with Gasteiger partial charge in [0.05, 0.1) is 34.0 Å². The predicted molar refractivity (Wildman–Crippen MR) is 96.7 cm³/mol. The molecule has 0 atom stereocenters. The van der Waals surface area contributed by atoms with Crippen molar-refractivity contribution in [3.05, 3.63) is 34.1 Å². The first-order valence-corrected chi connectivity index (χ1v) is 9.18. The van der Waals surface area contributed by atoms with E-state index in [2.05, 4.69) is 10.6 Å².